The molecule has 2 amide bonds. The Labute approximate surface area is 198 Å². The number of amides is 2. The summed E-state index contributed by atoms with van der Waals surface area (Å²) in [6.45, 7) is 5.44. The van der Waals surface area contributed by atoms with E-state index in [1.807, 2.05) is 6.07 Å². The standard InChI is InChI=1S/C26H28F2N2O4/c1-3-14-34-18-26(4-2,17-23(31)32)12-13-30(25(29)33)24-21(27)15-20(16-22(24)28)11-10-19-8-6-5-7-9-19/h3,5-9,15-16H,1,4,12-14,17-18H2,2H3,(H2,29,33)(H,31,32). The Bertz CT molecular complexity index is 1060. The number of urea groups is 1. The van der Waals surface area contributed by atoms with Crippen molar-refractivity contribution in [3.05, 3.63) is 77.9 Å². The predicted octanol–water partition coefficient (Wildman–Crippen LogP) is 4.71. The van der Waals surface area contributed by atoms with E-state index in [1.165, 1.54) is 6.08 Å². The van der Waals surface area contributed by atoms with Crippen LogP contribution in [0.25, 0.3) is 0 Å². The molecule has 0 saturated carbocycles. The maximum absolute atomic E-state index is 14.9. The number of carboxylic acids is 1. The first-order chi connectivity index (χ1) is 16.2. The number of hydrogen-bond donors (Lipinski definition) is 2. The molecule has 2 aromatic carbocycles. The van der Waals surface area contributed by atoms with Crippen molar-refractivity contribution in [2.24, 2.45) is 11.1 Å². The second-order valence-corrected chi connectivity index (χ2v) is 7.87. The Balaban J connectivity index is 2.31. The zero-order valence-electron chi connectivity index (χ0n) is 19.0. The number of aliphatic carboxylic acids is 1. The molecule has 0 spiro atoms. The second kappa shape index (κ2) is 12.5. The highest BCUT2D eigenvalue weighted by atomic mass is 19.1. The Hall–Kier alpha value is -3.70. The summed E-state index contributed by atoms with van der Waals surface area (Å²) in [5.41, 5.74) is 4.74. The summed E-state index contributed by atoms with van der Waals surface area (Å²) in [5, 5.41) is 9.37. The Morgan fingerprint density at radius 3 is 2.32 bits per heavy atom. The van der Waals surface area contributed by atoms with E-state index in [9.17, 15) is 23.5 Å². The molecule has 6 nitrogen and oxygen atoms in total. The van der Waals surface area contributed by atoms with Gasteiger partial charge in [0.25, 0.3) is 0 Å². The van der Waals surface area contributed by atoms with Gasteiger partial charge in [-0.05, 0) is 37.1 Å². The summed E-state index contributed by atoms with van der Waals surface area (Å²) in [7, 11) is 0. The Kier molecular flexibility index (Phi) is 9.77. The van der Waals surface area contributed by atoms with Crippen molar-refractivity contribution in [3.63, 3.8) is 0 Å². The van der Waals surface area contributed by atoms with E-state index < -0.39 is 34.7 Å². The van der Waals surface area contributed by atoms with E-state index in [-0.39, 0.29) is 38.2 Å². The molecule has 0 aliphatic carbocycles. The first-order valence-electron chi connectivity index (χ1n) is 10.7. The summed E-state index contributed by atoms with van der Waals surface area (Å²) < 4.78 is 35.3. The first kappa shape index (κ1) is 26.6. The zero-order valence-corrected chi connectivity index (χ0v) is 19.0. The zero-order chi connectivity index (χ0) is 25.1. The van der Waals surface area contributed by atoms with Crippen molar-refractivity contribution in [1.82, 2.24) is 0 Å². The highest BCUT2D eigenvalue weighted by Gasteiger charge is 2.33. The van der Waals surface area contributed by atoms with Gasteiger partial charge in [0.15, 0.2) is 11.6 Å². The number of carbonyl (C=O) groups excluding carboxylic acids is 1. The SMILES string of the molecule is C=CCOCC(CC)(CCN(C(N)=O)c1c(F)cc(C#Cc2ccccc2)cc1F)CC(=O)O. The van der Waals surface area contributed by atoms with Crippen LogP contribution in [0.5, 0.6) is 0 Å². The molecule has 0 radical (unpaired) electrons. The normalized spacial score (nSPS) is 12.2. The van der Waals surface area contributed by atoms with Crippen molar-refractivity contribution < 1.29 is 28.2 Å². The number of carboxylic acid groups (broad SMARTS) is 1. The fourth-order valence-electron chi connectivity index (χ4n) is 3.54. The van der Waals surface area contributed by atoms with Gasteiger partial charge in [0, 0.05) is 23.1 Å². The summed E-state index contributed by atoms with van der Waals surface area (Å²) in [4.78, 5) is 24.3. The maximum atomic E-state index is 14.9. The Morgan fingerprint density at radius 2 is 1.79 bits per heavy atom. The second-order valence-electron chi connectivity index (χ2n) is 7.87. The van der Waals surface area contributed by atoms with E-state index in [0.29, 0.717) is 12.0 Å². The van der Waals surface area contributed by atoms with E-state index >= 15 is 0 Å². The lowest BCUT2D eigenvalue weighted by atomic mass is 9.79. The quantitative estimate of drug-likeness (QED) is 0.283. The number of nitrogens with zero attached hydrogens (tertiary/aromatic N) is 1. The maximum Gasteiger partial charge on any atom is 0.319 e. The molecule has 180 valence electrons. The largest absolute Gasteiger partial charge is 0.481 e. The molecule has 1 atom stereocenters. The minimum atomic E-state index is -1.06. The van der Waals surface area contributed by atoms with E-state index in [1.54, 1.807) is 31.2 Å². The molecule has 3 N–H and O–H groups in total. The smallest absolute Gasteiger partial charge is 0.319 e. The number of rotatable bonds is 11. The van der Waals surface area contributed by atoms with Gasteiger partial charge in [0.05, 0.1) is 19.6 Å². The molecule has 0 bridgehead atoms. The summed E-state index contributed by atoms with van der Waals surface area (Å²) in [6.07, 6.45) is 1.79. The molecule has 0 aliphatic rings. The third-order valence-electron chi connectivity index (χ3n) is 5.46. The average Bonchev–Trinajstić information content (AvgIpc) is 2.79. The van der Waals surface area contributed by atoms with E-state index in [0.717, 1.165) is 17.0 Å². The van der Waals surface area contributed by atoms with Crippen LogP contribution >= 0.6 is 0 Å². The fraction of sp³-hybridized carbons (Fsp3) is 0.308. The lowest BCUT2D eigenvalue weighted by molar-refractivity contribution is -0.141. The molecular weight excluding hydrogens is 442 g/mol. The number of anilines is 1. The average molecular weight is 471 g/mol. The Morgan fingerprint density at radius 1 is 1.18 bits per heavy atom. The third kappa shape index (κ3) is 7.42. The van der Waals surface area contributed by atoms with Crippen LogP contribution in [0.1, 0.15) is 37.3 Å². The number of hydrogen-bond acceptors (Lipinski definition) is 3. The van der Waals surface area contributed by atoms with Crippen molar-refractivity contribution in [2.45, 2.75) is 26.2 Å². The highest BCUT2D eigenvalue weighted by molar-refractivity contribution is 5.91. The molecule has 0 aromatic heterocycles. The van der Waals surface area contributed by atoms with Gasteiger partial charge in [-0.1, -0.05) is 43.0 Å². The van der Waals surface area contributed by atoms with Gasteiger partial charge in [-0.3, -0.25) is 9.69 Å². The van der Waals surface area contributed by atoms with Gasteiger partial charge in [-0.25, -0.2) is 13.6 Å². The van der Waals surface area contributed by atoms with Crippen LogP contribution in [0, 0.1) is 28.9 Å². The van der Waals surface area contributed by atoms with Gasteiger partial charge in [0.2, 0.25) is 0 Å². The summed E-state index contributed by atoms with van der Waals surface area (Å²) >= 11 is 0. The van der Waals surface area contributed by atoms with Crippen molar-refractivity contribution in [3.8, 4) is 11.8 Å². The number of halogens is 2. The fourth-order valence-corrected chi connectivity index (χ4v) is 3.54. The molecule has 0 aliphatic heterocycles. The molecular formula is C26H28F2N2O4. The van der Waals surface area contributed by atoms with Crippen LogP contribution in [-0.4, -0.2) is 36.9 Å². The van der Waals surface area contributed by atoms with E-state index in [2.05, 4.69) is 18.4 Å². The van der Waals surface area contributed by atoms with Crippen molar-refractivity contribution in [2.75, 3.05) is 24.7 Å². The molecule has 0 saturated heterocycles. The number of ether oxygens (including phenoxy) is 1. The van der Waals surface area contributed by atoms with Gasteiger partial charge in [0.1, 0.15) is 5.69 Å². The molecule has 1 unspecified atom stereocenters. The van der Waals surface area contributed by atoms with Gasteiger partial charge in [-0.15, -0.1) is 6.58 Å². The number of benzene rings is 2. The third-order valence-corrected chi connectivity index (χ3v) is 5.46. The minimum Gasteiger partial charge on any atom is -0.481 e. The highest BCUT2D eigenvalue weighted by Crippen LogP contribution is 2.34. The van der Waals surface area contributed by atoms with Crippen LogP contribution in [0.2, 0.25) is 0 Å². The molecule has 2 rings (SSSR count). The first-order valence-corrected chi connectivity index (χ1v) is 10.7. The number of primary amides is 1. The minimum absolute atomic E-state index is 0.0768. The van der Waals surface area contributed by atoms with Crippen LogP contribution in [0.4, 0.5) is 19.3 Å². The van der Waals surface area contributed by atoms with Gasteiger partial charge in [-0.2, -0.15) is 0 Å². The lowest BCUT2D eigenvalue weighted by Crippen LogP contribution is -2.41. The van der Waals surface area contributed by atoms with Crippen LogP contribution in [0.15, 0.2) is 55.1 Å². The van der Waals surface area contributed by atoms with Crippen LogP contribution < -0.4 is 10.6 Å². The number of nitrogens with two attached hydrogens (primary N) is 1. The van der Waals surface area contributed by atoms with Crippen LogP contribution in [0.3, 0.4) is 0 Å². The van der Waals surface area contributed by atoms with Gasteiger partial charge >= 0.3 is 12.0 Å². The summed E-state index contributed by atoms with van der Waals surface area (Å²) in [6, 6.07) is 9.94. The molecule has 0 fully saturated rings. The molecule has 0 heterocycles. The monoisotopic (exact) mass is 470 g/mol. The van der Waals surface area contributed by atoms with E-state index in [4.69, 9.17) is 10.5 Å². The van der Waals surface area contributed by atoms with Crippen molar-refractivity contribution >= 4 is 17.7 Å². The topological polar surface area (TPSA) is 92.9 Å². The van der Waals surface area contributed by atoms with Crippen LogP contribution in [-0.2, 0) is 9.53 Å². The summed E-state index contributed by atoms with van der Waals surface area (Å²) in [5.74, 6) is 2.47. The molecule has 34 heavy (non-hydrogen) atoms. The lowest BCUT2D eigenvalue weighted by Gasteiger charge is -2.33. The predicted molar refractivity (Wildman–Crippen MR) is 126 cm³/mol. The number of carbonyl (C=O) groups is 2. The van der Waals surface area contributed by atoms with Crippen molar-refractivity contribution in [1.29, 1.82) is 0 Å². The van der Waals surface area contributed by atoms with Gasteiger partial charge < -0.3 is 15.6 Å². The molecule has 2 aromatic rings. The molecule has 8 heteroatoms.